The number of thioether (sulfide) groups is 1. The first-order valence-electron chi connectivity index (χ1n) is 8.34. The Morgan fingerprint density at radius 1 is 1.29 bits per heavy atom. The van der Waals surface area contributed by atoms with Crippen molar-refractivity contribution >= 4 is 29.1 Å². The third kappa shape index (κ3) is 4.32. The molecule has 0 aliphatic heterocycles. The molecule has 4 aromatic rings. The molecule has 9 heteroatoms. The van der Waals surface area contributed by atoms with Gasteiger partial charge in [0, 0.05) is 18.0 Å². The van der Waals surface area contributed by atoms with Crippen LogP contribution in [0.15, 0.2) is 62.1 Å². The Morgan fingerprint density at radius 2 is 2.21 bits per heavy atom. The Balaban J connectivity index is 1.39. The van der Waals surface area contributed by atoms with Crippen molar-refractivity contribution in [3.63, 3.8) is 0 Å². The van der Waals surface area contributed by atoms with E-state index in [0.29, 0.717) is 27.9 Å². The minimum absolute atomic E-state index is 0.0230. The molecule has 0 N–H and O–H groups in total. The molecule has 4 heterocycles. The molecule has 0 radical (unpaired) electrons. The third-order valence-corrected chi connectivity index (χ3v) is 5.56. The van der Waals surface area contributed by atoms with E-state index in [1.165, 1.54) is 29.4 Å². The fourth-order valence-electron chi connectivity index (χ4n) is 2.39. The number of carbonyl (C=O) groups is 1. The van der Waals surface area contributed by atoms with Gasteiger partial charge in [0.25, 0.3) is 0 Å². The molecule has 0 fully saturated rings. The predicted molar refractivity (Wildman–Crippen MR) is 104 cm³/mol. The highest BCUT2D eigenvalue weighted by Crippen LogP contribution is 2.26. The van der Waals surface area contributed by atoms with Crippen molar-refractivity contribution in [1.29, 1.82) is 0 Å². The van der Waals surface area contributed by atoms with E-state index >= 15 is 0 Å². The average Bonchev–Trinajstić information content (AvgIpc) is 3.46. The number of aryl methyl sites for hydroxylation is 1. The molecule has 0 aliphatic rings. The second kappa shape index (κ2) is 8.41. The molecule has 4 rings (SSSR count). The van der Waals surface area contributed by atoms with Gasteiger partial charge in [0.15, 0.2) is 0 Å². The first-order valence-corrected chi connectivity index (χ1v) is 10.2. The van der Waals surface area contributed by atoms with Gasteiger partial charge in [-0.05, 0) is 30.5 Å². The topological polar surface area (TPSA) is 91.2 Å². The monoisotopic (exact) mass is 413 g/mol. The highest BCUT2D eigenvalue weighted by atomic mass is 32.2. The van der Waals surface area contributed by atoms with E-state index in [0.717, 1.165) is 16.3 Å². The molecular weight excluding hydrogens is 398 g/mol. The summed E-state index contributed by atoms with van der Waals surface area (Å²) in [6, 6.07) is 9.08. The van der Waals surface area contributed by atoms with Gasteiger partial charge >= 0.3 is 5.97 Å². The number of thiophene rings is 1. The summed E-state index contributed by atoms with van der Waals surface area (Å²) < 4.78 is 15.9. The predicted octanol–water partition coefficient (Wildman–Crippen LogP) is 4.74. The zero-order valence-electron chi connectivity index (χ0n) is 14.8. The van der Waals surface area contributed by atoms with Crippen LogP contribution >= 0.6 is 23.1 Å². The van der Waals surface area contributed by atoms with Gasteiger partial charge in [0.1, 0.15) is 29.4 Å². The van der Waals surface area contributed by atoms with Crippen molar-refractivity contribution < 1.29 is 18.5 Å². The Labute approximate surface area is 168 Å². The van der Waals surface area contributed by atoms with Crippen LogP contribution in [0.2, 0.25) is 0 Å². The normalized spacial score (nSPS) is 10.9. The number of pyridine rings is 1. The van der Waals surface area contributed by atoms with Gasteiger partial charge in [-0.25, -0.2) is 14.8 Å². The number of aromatic nitrogens is 3. The minimum Gasteiger partial charge on any atom is -0.455 e. The van der Waals surface area contributed by atoms with Gasteiger partial charge in [-0.3, -0.25) is 0 Å². The lowest BCUT2D eigenvalue weighted by Gasteiger charge is -2.07. The number of hydrogen-bond acceptors (Lipinski definition) is 9. The van der Waals surface area contributed by atoms with E-state index in [4.69, 9.17) is 13.7 Å². The Bertz CT molecular complexity index is 1070. The van der Waals surface area contributed by atoms with E-state index in [-0.39, 0.29) is 6.61 Å². The standard InChI is InChI=1S/C19H15N3O4S2/c1-12-8-13(22-26-12)11-28-18-15(4-2-6-20-18)19(23)25-10-14-9-24-17(21-14)16-5-3-7-27-16/h2-9H,10-11H2,1H3. The number of rotatable bonds is 7. The average molecular weight is 413 g/mol. The van der Waals surface area contributed by atoms with Crippen LogP contribution in [-0.2, 0) is 17.1 Å². The van der Waals surface area contributed by atoms with E-state index < -0.39 is 5.97 Å². The van der Waals surface area contributed by atoms with Gasteiger partial charge in [-0.15, -0.1) is 11.3 Å². The van der Waals surface area contributed by atoms with Gasteiger partial charge in [0.2, 0.25) is 5.89 Å². The fraction of sp³-hybridized carbons (Fsp3) is 0.158. The van der Waals surface area contributed by atoms with Crippen LogP contribution in [0.3, 0.4) is 0 Å². The van der Waals surface area contributed by atoms with Crippen molar-refractivity contribution in [2.75, 3.05) is 0 Å². The second-order valence-electron chi connectivity index (χ2n) is 5.77. The first kappa shape index (κ1) is 18.5. The molecule has 0 aromatic carbocycles. The van der Waals surface area contributed by atoms with Crippen molar-refractivity contribution in [2.45, 2.75) is 24.3 Å². The van der Waals surface area contributed by atoms with Crippen LogP contribution < -0.4 is 0 Å². The maximum Gasteiger partial charge on any atom is 0.341 e. The molecule has 4 aromatic heterocycles. The SMILES string of the molecule is Cc1cc(CSc2ncccc2C(=O)OCc2coc(-c3cccs3)n2)no1. The van der Waals surface area contributed by atoms with Crippen molar-refractivity contribution in [2.24, 2.45) is 0 Å². The minimum atomic E-state index is -0.465. The molecule has 0 unspecified atom stereocenters. The van der Waals surface area contributed by atoms with Gasteiger partial charge in [0.05, 0.1) is 16.1 Å². The summed E-state index contributed by atoms with van der Waals surface area (Å²) in [5.74, 6) is 1.34. The van der Waals surface area contributed by atoms with Crippen molar-refractivity contribution in [3.05, 3.63) is 70.9 Å². The van der Waals surface area contributed by atoms with Gasteiger partial charge in [-0.1, -0.05) is 23.0 Å². The van der Waals surface area contributed by atoms with Crippen LogP contribution in [0.1, 0.15) is 27.5 Å². The number of carbonyl (C=O) groups excluding carboxylic acids is 1. The van der Waals surface area contributed by atoms with E-state index in [1.807, 2.05) is 30.5 Å². The molecule has 0 bridgehead atoms. The largest absolute Gasteiger partial charge is 0.455 e. The Morgan fingerprint density at radius 3 is 3.00 bits per heavy atom. The highest BCUT2D eigenvalue weighted by molar-refractivity contribution is 7.98. The summed E-state index contributed by atoms with van der Waals surface area (Å²) in [7, 11) is 0. The van der Waals surface area contributed by atoms with Crippen LogP contribution in [0, 0.1) is 6.92 Å². The lowest BCUT2D eigenvalue weighted by molar-refractivity contribution is 0.0462. The zero-order chi connectivity index (χ0) is 19.3. The molecular formula is C19H15N3O4S2. The molecule has 0 aliphatic carbocycles. The van der Waals surface area contributed by atoms with E-state index in [9.17, 15) is 4.79 Å². The number of nitrogens with zero attached hydrogens (tertiary/aromatic N) is 3. The molecule has 0 spiro atoms. The summed E-state index contributed by atoms with van der Waals surface area (Å²) >= 11 is 2.93. The van der Waals surface area contributed by atoms with Crippen LogP contribution in [0.4, 0.5) is 0 Å². The fourth-order valence-corrected chi connectivity index (χ4v) is 3.91. The number of oxazole rings is 1. The number of hydrogen-bond donors (Lipinski definition) is 0. The number of ether oxygens (including phenoxy) is 1. The second-order valence-corrected chi connectivity index (χ2v) is 7.68. The summed E-state index contributed by atoms with van der Waals surface area (Å²) in [4.78, 5) is 22.1. The van der Waals surface area contributed by atoms with E-state index in [1.54, 1.807) is 18.3 Å². The molecule has 7 nitrogen and oxygen atoms in total. The maximum atomic E-state index is 12.5. The van der Waals surface area contributed by atoms with Crippen LogP contribution in [-0.4, -0.2) is 21.1 Å². The van der Waals surface area contributed by atoms with Gasteiger partial charge in [-0.2, -0.15) is 0 Å². The third-order valence-electron chi connectivity index (χ3n) is 3.66. The molecule has 28 heavy (non-hydrogen) atoms. The maximum absolute atomic E-state index is 12.5. The lowest BCUT2D eigenvalue weighted by atomic mass is 10.3. The summed E-state index contributed by atoms with van der Waals surface area (Å²) in [6.07, 6.45) is 3.13. The number of esters is 1. The van der Waals surface area contributed by atoms with Gasteiger partial charge < -0.3 is 13.7 Å². The molecule has 0 atom stereocenters. The Kier molecular flexibility index (Phi) is 5.54. The molecule has 0 amide bonds. The summed E-state index contributed by atoms with van der Waals surface area (Å²) in [5, 5.41) is 6.47. The summed E-state index contributed by atoms with van der Waals surface area (Å²) in [6.45, 7) is 1.85. The van der Waals surface area contributed by atoms with Crippen molar-refractivity contribution in [1.82, 2.24) is 15.1 Å². The molecule has 142 valence electrons. The summed E-state index contributed by atoms with van der Waals surface area (Å²) in [5.41, 5.74) is 1.73. The van der Waals surface area contributed by atoms with Crippen molar-refractivity contribution in [3.8, 4) is 10.8 Å². The molecule has 0 saturated carbocycles. The smallest absolute Gasteiger partial charge is 0.341 e. The van der Waals surface area contributed by atoms with Crippen LogP contribution in [0.5, 0.6) is 0 Å². The Hall–Kier alpha value is -2.91. The molecule has 0 saturated heterocycles. The quantitative estimate of drug-likeness (QED) is 0.317. The van der Waals surface area contributed by atoms with Crippen LogP contribution in [0.25, 0.3) is 10.8 Å². The zero-order valence-corrected chi connectivity index (χ0v) is 16.5. The van der Waals surface area contributed by atoms with E-state index in [2.05, 4.69) is 15.1 Å². The first-order chi connectivity index (χ1) is 13.7. The lowest BCUT2D eigenvalue weighted by Crippen LogP contribution is -2.08. The highest BCUT2D eigenvalue weighted by Gasteiger charge is 2.16.